The molecule has 0 atom stereocenters. The molecule has 0 aliphatic carbocycles. The monoisotopic (exact) mass is 237 g/mol. The van der Waals surface area contributed by atoms with E-state index in [4.69, 9.17) is 0 Å². The second kappa shape index (κ2) is 7.97. The molecule has 0 saturated carbocycles. The van der Waals surface area contributed by atoms with E-state index < -0.39 is 0 Å². The highest BCUT2D eigenvalue weighted by Crippen LogP contribution is 2.02. The first-order chi connectivity index (χ1) is 8.22. The van der Waals surface area contributed by atoms with Crippen LogP contribution in [0.1, 0.15) is 12.2 Å². The topological polar surface area (TPSA) is 53.1 Å². The van der Waals surface area contributed by atoms with E-state index in [9.17, 15) is 0 Å². The van der Waals surface area contributed by atoms with Crippen LogP contribution in [0.15, 0.2) is 12.3 Å². The SMILES string of the molecule is CNCCc1nccc(NCCCN(C)C)n1. The van der Waals surface area contributed by atoms with Gasteiger partial charge in [0, 0.05) is 25.7 Å². The van der Waals surface area contributed by atoms with Crippen LogP contribution in [0.25, 0.3) is 0 Å². The maximum atomic E-state index is 4.45. The van der Waals surface area contributed by atoms with Crippen LogP contribution in [0.3, 0.4) is 0 Å². The van der Waals surface area contributed by atoms with E-state index in [0.29, 0.717) is 0 Å². The minimum atomic E-state index is 0.865. The van der Waals surface area contributed by atoms with Crippen LogP contribution in [0.2, 0.25) is 0 Å². The molecule has 0 spiro atoms. The number of anilines is 1. The second-order valence-corrected chi connectivity index (χ2v) is 4.30. The van der Waals surface area contributed by atoms with E-state index in [1.807, 2.05) is 19.3 Å². The molecule has 2 N–H and O–H groups in total. The molecule has 0 bridgehead atoms. The Bertz CT molecular complexity index is 314. The summed E-state index contributed by atoms with van der Waals surface area (Å²) in [7, 11) is 6.10. The lowest BCUT2D eigenvalue weighted by molar-refractivity contribution is 0.405. The third kappa shape index (κ3) is 6.19. The minimum Gasteiger partial charge on any atom is -0.370 e. The molecule has 5 heteroatoms. The first kappa shape index (κ1) is 13.9. The summed E-state index contributed by atoms with van der Waals surface area (Å²) in [5.41, 5.74) is 0. The maximum absolute atomic E-state index is 4.45. The fraction of sp³-hybridized carbons (Fsp3) is 0.667. The smallest absolute Gasteiger partial charge is 0.131 e. The predicted molar refractivity (Wildman–Crippen MR) is 71.3 cm³/mol. The van der Waals surface area contributed by atoms with Crippen molar-refractivity contribution in [3.8, 4) is 0 Å². The third-order valence-corrected chi connectivity index (χ3v) is 2.39. The van der Waals surface area contributed by atoms with Crippen molar-refractivity contribution in [2.75, 3.05) is 46.1 Å². The molecule has 0 amide bonds. The van der Waals surface area contributed by atoms with E-state index >= 15 is 0 Å². The van der Waals surface area contributed by atoms with Crippen LogP contribution in [0, 0.1) is 0 Å². The lowest BCUT2D eigenvalue weighted by atomic mass is 10.3. The number of nitrogens with zero attached hydrogens (tertiary/aromatic N) is 3. The van der Waals surface area contributed by atoms with Crippen molar-refractivity contribution in [2.24, 2.45) is 0 Å². The number of nitrogens with one attached hydrogen (secondary N) is 2. The van der Waals surface area contributed by atoms with Gasteiger partial charge in [-0.25, -0.2) is 9.97 Å². The van der Waals surface area contributed by atoms with Crippen molar-refractivity contribution in [3.05, 3.63) is 18.1 Å². The summed E-state index contributed by atoms with van der Waals surface area (Å²) in [5, 5.41) is 6.41. The van der Waals surface area contributed by atoms with Gasteiger partial charge in [0.25, 0.3) is 0 Å². The molecule has 0 unspecified atom stereocenters. The van der Waals surface area contributed by atoms with Crippen LogP contribution < -0.4 is 10.6 Å². The summed E-state index contributed by atoms with van der Waals surface area (Å²) >= 11 is 0. The zero-order chi connectivity index (χ0) is 12.5. The molecule has 5 nitrogen and oxygen atoms in total. The largest absolute Gasteiger partial charge is 0.370 e. The molecule has 0 aromatic carbocycles. The van der Waals surface area contributed by atoms with Crippen LogP contribution in [-0.2, 0) is 6.42 Å². The summed E-state index contributed by atoms with van der Waals surface area (Å²) < 4.78 is 0. The highest BCUT2D eigenvalue weighted by molar-refractivity contribution is 5.32. The minimum absolute atomic E-state index is 0.865. The van der Waals surface area contributed by atoms with Gasteiger partial charge >= 0.3 is 0 Å². The zero-order valence-corrected chi connectivity index (χ0v) is 11.0. The van der Waals surface area contributed by atoms with E-state index in [0.717, 1.165) is 44.1 Å². The lowest BCUT2D eigenvalue weighted by Crippen LogP contribution is -2.17. The van der Waals surface area contributed by atoms with Gasteiger partial charge in [-0.05, 0) is 40.2 Å². The Morgan fingerprint density at radius 3 is 2.82 bits per heavy atom. The molecule has 0 radical (unpaired) electrons. The molecule has 17 heavy (non-hydrogen) atoms. The second-order valence-electron chi connectivity index (χ2n) is 4.30. The normalized spacial score (nSPS) is 10.8. The number of aromatic nitrogens is 2. The molecule has 1 heterocycles. The average Bonchev–Trinajstić information content (AvgIpc) is 2.32. The fourth-order valence-electron chi connectivity index (χ4n) is 1.47. The highest BCUT2D eigenvalue weighted by Gasteiger charge is 1.98. The van der Waals surface area contributed by atoms with Crippen molar-refractivity contribution in [1.82, 2.24) is 20.2 Å². The molecule has 0 saturated heterocycles. The first-order valence-electron chi connectivity index (χ1n) is 6.07. The average molecular weight is 237 g/mol. The Hall–Kier alpha value is -1.20. The molecule has 0 fully saturated rings. The Morgan fingerprint density at radius 2 is 2.12 bits per heavy atom. The molecule has 0 aliphatic rings. The Kier molecular flexibility index (Phi) is 6.50. The summed E-state index contributed by atoms with van der Waals surface area (Å²) in [6.45, 7) is 2.94. The van der Waals surface area contributed by atoms with Crippen LogP contribution >= 0.6 is 0 Å². The van der Waals surface area contributed by atoms with Gasteiger partial charge in [-0.15, -0.1) is 0 Å². The fourth-order valence-corrected chi connectivity index (χ4v) is 1.47. The molecular formula is C12H23N5. The van der Waals surface area contributed by atoms with Crippen molar-refractivity contribution in [2.45, 2.75) is 12.8 Å². The lowest BCUT2D eigenvalue weighted by Gasteiger charge is -2.10. The van der Waals surface area contributed by atoms with Gasteiger partial charge < -0.3 is 15.5 Å². The van der Waals surface area contributed by atoms with Gasteiger partial charge in [0.1, 0.15) is 11.6 Å². The third-order valence-electron chi connectivity index (χ3n) is 2.39. The van der Waals surface area contributed by atoms with Crippen LogP contribution in [0.5, 0.6) is 0 Å². The predicted octanol–water partition coefficient (Wildman–Crippen LogP) is 0.602. The highest BCUT2D eigenvalue weighted by atomic mass is 15.1. The molecule has 1 rings (SSSR count). The Balaban J connectivity index is 2.32. The summed E-state index contributed by atoms with van der Waals surface area (Å²) in [6, 6.07) is 1.92. The Morgan fingerprint density at radius 1 is 1.29 bits per heavy atom. The van der Waals surface area contributed by atoms with Crippen molar-refractivity contribution >= 4 is 5.82 Å². The maximum Gasteiger partial charge on any atom is 0.131 e. The van der Waals surface area contributed by atoms with Crippen LogP contribution in [-0.4, -0.2) is 55.6 Å². The first-order valence-corrected chi connectivity index (χ1v) is 6.07. The van der Waals surface area contributed by atoms with Gasteiger partial charge in [0.2, 0.25) is 0 Å². The van der Waals surface area contributed by atoms with Gasteiger partial charge in [0.05, 0.1) is 0 Å². The molecule has 1 aromatic heterocycles. The Labute approximate surface area is 104 Å². The standard InChI is InChI=1S/C12H23N5/c1-13-8-5-11-15-9-6-12(16-11)14-7-4-10-17(2)3/h6,9,13H,4-5,7-8,10H2,1-3H3,(H,14,15,16). The number of likely N-dealkylation sites (N-methyl/N-ethyl adjacent to an activating group) is 1. The van der Waals surface area contributed by atoms with Gasteiger partial charge in [-0.3, -0.25) is 0 Å². The van der Waals surface area contributed by atoms with E-state index in [1.54, 1.807) is 0 Å². The van der Waals surface area contributed by atoms with Crippen molar-refractivity contribution < 1.29 is 0 Å². The quantitative estimate of drug-likeness (QED) is 0.649. The molecular weight excluding hydrogens is 214 g/mol. The molecule has 0 aliphatic heterocycles. The molecule has 96 valence electrons. The number of rotatable bonds is 8. The molecule has 1 aromatic rings. The van der Waals surface area contributed by atoms with E-state index in [2.05, 4.69) is 39.6 Å². The van der Waals surface area contributed by atoms with E-state index in [1.165, 1.54) is 0 Å². The van der Waals surface area contributed by atoms with Gasteiger partial charge in [0.15, 0.2) is 0 Å². The van der Waals surface area contributed by atoms with Crippen molar-refractivity contribution in [3.63, 3.8) is 0 Å². The summed E-state index contributed by atoms with van der Waals surface area (Å²) in [4.78, 5) is 10.9. The number of hydrogen-bond acceptors (Lipinski definition) is 5. The van der Waals surface area contributed by atoms with Gasteiger partial charge in [-0.2, -0.15) is 0 Å². The van der Waals surface area contributed by atoms with Gasteiger partial charge in [-0.1, -0.05) is 0 Å². The van der Waals surface area contributed by atoms with Crippen LogP contribution in [0.4, 0.5) is 5.82 Å². The van der Waals surface area contributed by atoms with E-state index in [-0.39, 0.29) is 0 Å². The number of hydrogen-bond donors (Lipinski definition) is 2. The summed E-state index contributed by atoms with van der Waals surface area (Å²) in [5.74, 6) is 1.81. The summed E-state index contributed by atoms with van der Waals surface area (Å²) in [6.07, 6.45) is 3.79. The van der Waals surface area contributed by atoms with Crippen molar-refractivity contribution in [1.29, 1.82) is 0 Å². The zero-order valence-electron chi connectivity index (χ0n) is 11.0.